The minimum atomic E-state index is 0.126. The number of rotatable bonds is 2. The van der Waals surface area contributed by atoms with Gasteiger partial charge < -0.3 is 10.6 Å². The van der Waals surface area contributed by atoms with Crippen LogP contribution in [0.15, 0.2) is 24.3 Å². The Hall–Kier alpha value is -1.35. The molecule has 1 unspecified atom stereocenters. The molecule has 1 atom stereocenters. The molecule has 1 aliphatic heterocycles. The number of benzene rings is 1. The van der Waals surface area contributed by atoms with E-state index in [2.05, 4.69) is 48.7 Å². The summed E-state index contributed by atoms with van der Waals surface area (Å²) in [5.41, 5.74) is 2.82. The molecule has 0 spiro atoms. The van der Waals surface area contributed by atoms with Gasteiger partial charge >= 0.3 is 0 Å². The first-order valence-electron chi connectivity index (χ1n) is 7.17. The number of nitrogens with one attached hydrogen (secondary N) is 2. The van der Waals surface area contributed by atoms with Gasteiger partial charge in [-0.25, -0.2) is 0 Å². The molecular formula is C16H22N2O. The van der Waals surface area contributed by atoms with Crippen molar-refractivity contribution in [3.05, 3.63) is 35.4 Å². The lowest BCUT2D eigenvalue weighted by molar-refractivity contribution is -0.128. The van der Waals surface area contributed by atoms with E-state index in [1.807, 2.05) is 0 Å². The fourth-order valence-corrected chi connectivity index (χ4v) is 3.07. The zero-order chi connectivity index (χ0) is 13.5. The Kier molecular flexibility index (Phi) is 3.09. The van der Waals surface area contributed by atoms with Crippen molar-refractivity contribution in [2.75, 3.05) is 13.1 Å². The predicted molar refractivity (Wildman–Crippen MR) is 75.8 cm³/mol. The third-order valence-corrected chi connectivity index (χ3v) is 4.63. The lowest BCUT2D eigenvalue weighted by atomic mass is 9.70. The van der Waals surface area contributed by atoms with E-state index in [4.69, 9.17) is 0 Å². The normalized spacial score (nSPS) is 25.3. The van der Waals surface area contributed by atoms with Crippen LogP contribution in [-0.2, 0) is 11.2 Å². The molecule has 19 heavy (non-hydrogen) atoms. The molecule has 3 rings (SSSR count). The van der Waals surface area contributed by atoms with Gasteiger partial charge in [-0.2, -0.15) is 0 Å². The highest BCUT2D eigenvalue weighted by atomic mass is 16.2. The second kappa shape index (κ2) is 4.64. The standard InChI is InChI=1S/C16H22N2O/c1-16(2)8-7-11-5-3-4-6-13(11)14(16)18-15(19)12-9-17-10-12/h3-6,12,14,17H,7-10H2,1-2H3,(H,18,19). The zero-order valence-electron chi connectivity index (χ0n) is 11.7. The lowest BCUT2D eigenvalue weighted by Gasteiger charge is -2.41. The van der Waals surface area contributed by atoms with Crippen LogP contribution in [0, 0.1) is 11.3 Å². The fourth-order valence-electron chi connectivity index (χ4n) is 3.07. The third-order valence-electron chi connectivity index (χ3n) is 4.63. The summed E-state index contributed by atoms with van der Waals surface area (Å²) in [6.45, 7) is 6.15. The molecule has 2 aliphatic rings. The Bertz CT molecular complexity index is 491. The first-order chi connectivity index (χ1) is 9.08. The molecule has 3 heteroatoms. The zero-order valence-corrected chi connectivity index (χ0v) is 11.7. The summed E-state index contributed by atoms with van der Waals surface area (Å²) in [7, 11) is 0. The summed E-state index contributed by atoms with van der Waals surface area (Å²) >= 11 is 0. The van der Waals surface area contributed by atoms with Crippen LogP contribution < -0.4 is 10.6 Å². The first-order valence-corrected chi connectivity index (χ1v) is 7.17. The van der Waals surface area contributed by atoms with Gasteiger partial charge in [-0.3, -0.25) is 4.79 Å². The summed E-state index contributed by atoms with van der Waals surface area (Å²) in [5, 5.41) is 6.45. The van der Waals surface area contributed by atoms with Crippen molar-refractivity contribution in [3.8, 4) is 0 Å². The predicted octanol–water partition coefficient (Wildman–Crippen LogP) is 2.04. The molecule has 3 nitrogen and oxygen atoms in total. The Labute approximate surface area is 114 Å². The number of amides is 1. The largest absolute Gasteiger partial charge is 0.348 e. The first kappa shape index (κ1) is 12.7. The van der Waals surface area contributed by atoms with Gasteiger partial charge in [0.2, 0.25) is 5.91 Å². The quantitative estimate of drug-likeness (QED) is 0.852. The molecule has 0 saturated carbocycles. The molecule has 1 aromatic carbocycles. The molecule has 0 radical (unpaired) electrons. The number of hydrogen-bond acceptors (Lipinski definition) is 2. The molecule has 102 valence electrons. The van der Waals surface area contributed by atoms with Gasteiger partial charge in [0.1, 0.15) is 0 Å². The van der Waals surface area contributed by atoms with Gasteiger partial charge in [-0.05, 0) is 29.4 Å². The Morgan fingerprint density at radius 2 is 2.05 bits per heavy atom. The van der Waals surface area contributed by atoms with Crippen molar-refractivity contribution in [2.45, 2.75) is 32.7 Å². The second-order valence-electron chi connectivity index (χ2n) is 6.48. The van der Waals surface area contributed by atoms with Gasteiger partial charge in [-0.1, -0.05) is 38.1 Å². The van der Waals surface area contributed by atoms with Crippen LogP contribution in [0.25, 0.3) is 0 Å². The molecular weight excluding hydrogens is 236 g/mol. The van der Waals surface area contributed by atoms with Crippen LogP contribution in [0.4, 0.5) is 0 Å². The summed E-state index contributed by atoms with van der Waals surface area (Å²) in [5.74, 6) is 0.360. The van der Waals surface area contributed by atoms with E-state index in [0.29, 0.717) is 0 Å². The highest BCUT2D eigenvalue weighted by Crippen LogP contribution is 2.43. The topological polar surface area (TPSA) is 41.1 Å². The van der Waals surface area contributed by atoms with Gasteiger partial charge in [0, 0.05) is 13.1 Å². The third kappa shape index (κ3) is 2.27. The number of carbonyl (C=O) groups is 1. The molecule has 2 N–H and O–H groups in total. The van der Waals surface area contributed by atoms with Crippen molar-refractivity contribution in [1.29, 1.82) is 0 Å². The second-order valence-corrected chi connectivity index (χ2v) is 6.48. The van der Waals surface area contributed by atoms with Crippen LogP contribution in [-0.4, -0.2) is 19.0 Å². The van der Waals surface area contributed by atoms with Crippen LogP contribution in [0.3, 0.4) is 0 Å². The van der Waals surface area contributed by atoms with E-state index < -0.39 is 0 Å². The average molecular weight is 258 g/mol. The molecule has 1 aliphatic carbocycles. The van der Waals surface area contributed by atoms with Gasteiger partial charge in [0.25, 0.3) is 0 Å². The summed E-state index contributed by atoms with van der Waals surface area (Å²) in [6.07, 6.45) is 2.23. The number of hydrogen-bond donors (Lipinski definition) is 2. The number of aryl methyl sites for hydroxylation is 1. The maximum Gasteiger partial charge on any atom is 0.226 e. The molecule has 0 aromatic heterocycles. The molecule has 1 amide bonds. The van der Waals surface area contributed by atoms with E-state index in [0.717, 1.165) is 25.9 Å². The summed E-state index contributed by atoms with van der Waals surface area (Å²) in [4.78, 5) is 12.2. The molecule has 0 bridgehead atoms. The Balaban J connectivity index is 1.86. The molecule has 1 aromatic rings. The van der Waals surface area contributed by atoms with E-state index >= 15 is 0 Å². The summed E-state index contributed by atoms with van der Waals surface area (Å²) in [6, 6.07) is 8.66. The average Bonchev–Trinajstić information content (AvgIpc) is 2.31. The Morgan fingerprint density at radius 3 is 2.74 bits per heavy atom. The minimum Gasteiger partial charge on any atom is -0.348 e. The van der Waals surface area contributed by atoms with Crippen LogP contribution in [0.1, 0.15) is 37.4 Å². The van der Waals surface area contributed by atoms with Crippen molar-refractivity contribution < 1.29 is 4.79 Å². The van der Waals surface area contributed by atoms with E-state index in [-0.39, 0.29) is 23.3 Å². The lowest BCUT2D eigenvalue weighted by Crippen LogP contribution is -2.53. The molecule has 1 fully saturated rings. The smallest absolute Gasteiger partial charge is 0.226 e. The van der Waals surface area contributed by atoms with Gasteiger partial charge in [0.05, 0.1) is 12.0 Å². The van der Waals surface area contributed by atoms with E-state index in [9.17, 15) is 4.79 Å². The highest BCUT2D eigenvalue weighted by Gasteiger charge is 2.38. The minimum absolute atomic E-state index is 0.126. The van der Waals surface area contributed by atoms with Gasteiger partial charge in [0.15, 0.2) is 0 Å². The van der Waals surface area contributed by atoms with E-state index in [1.165, 1.54) is 11.1 Å². The Morgan fingerprint density at radius 1 is 1.32 bits per heavy atom. The summed E-state index contributed by atoms with van der Waals surface area (Å²) < 4.78 is 0. The number of fused-ring (bicyclic) bond motifs is 1. The maximum absolute atomic E-state index is 12.2. The van der Waals surface area contributed by atoms with Crippen LogP contribution in [0.5, 0.6) is 0 Å². The van der Waals surface area contributed by atoms with E-state index in [1.54, 1.807) is 0 Å². The van der Waals surface area contributed by atoms with Crippen LogP contribution >= 0.6 is 0 Å². The molecule has 1 heterocycles. The van der Waals surface area contributed by atoms with Crippen LogP contribution in [0.2, 0.25) is 0 Å². The highest BCUT2D eigenvalue weighted by molar-refractivity contribution is 5.80. The van der Waals surface area contributed by atoms with Crippen molar-refractivity contribution in [3.63, 3.8) is 0 Å². The van der Waals surface area contributed by atoms with Crippen molar-refractivity contribution >= 4 is 5.91 Å². The van der Waals surface area contributed by atoms with Gasteiger partial charge in [-0.15, -0.1) is 0 Å². The van der Waals surface area contributed by atoms with Crippen molar-refractivity contribution in [1.82, 2.24) is 10.6 Å². The molecule has 1 saturated heterocycles. The number of carbonyl (C=O) groups excluding carboxylic acids is 1. The monoisotopic (exact) mass is 258 g/mol. The maximum atomic E-state index is 12.2. The fraction of sp³-hybridized carbons (Fsp3) is 0.562. The van der Waals surface area contributed by atoms with Crippen molar-refractivity contribution in [2.24, 2.45) is 11.3 Å². The SMILES string of the molecule is CC1(C)CCc2ccccc2C1NC(=O)C1CNC1.